The number of aromatic nitrogens is 6. The Hall–Kier alpha value is -2.64. The van der Waals surface area contributed by atoms with Crippen molar-refractivity contribution >= 4 is 28.8 Å². The number of fused-ring (bicyclic) bond motifs is 1. The van der Waals surface area contributed by atoms with Crippen LogP contribution >= 0.6 is 23.2 Å². The van der Waals surface area contributed by atoms with E-state index in [1.165, 1.54) is 10.6 Å². The summed E-state index contributed by atoms with van der Waals surface area (Å²) >= 11 is 12.3. The van der Waals surface area contributed by atoms with Gasteiger partial charge in [-0.3, -0.25) is 9.89 Å². The first-order valence-electron chi connectivity index (χ1n) is 8.78. The smallest absolute Gasteiger partial charge is 0.272 e. The molecule has 0 saturated heterocycles. The highest BCUT2D eigenvalue weighted by molar-refractivity contribution is 6.36. The van der Waals surface area contributed by atoms with Gasteiger partial charge in [0.2, 0.25) is 0 Å². The van der Waals surface area contributed by atoms with Crippen LogP contribution < -0.4 is 5.56 Å². The van der Waals surface area contributed by atoms with Crippen molar-refractivity contribution in [3.63, 3.8) is 0 Å². The Labute approximate surface area is 170 Å². The summed E-state index contributed by atoms with van der Waals surface area (Å²) in [5, 5.41) is 8.52. The molecular formula is C19H18Cl2N6O. The van der Waals surface area contributed by atoms with Crippen molar-refractivity contribution < 1.29 is 0 Å². The SMILES string of the molecule is Cc1nc(C)n([C@@H](C)Cc2cc(=O)n3[nH]c(-c4ccc(Cl)cc4Cl)cc3n2)n1. The lowest BCUT2D eigenvalue weighted by Crippen LogP contribution is -2.18. The molecule has 1 aromatic carbocycles. The summed E-state index contributed by atoms with van der Waals surface area (Å²) < 4.78 is 3.26. The maximum Gasteiger partial charge on any atom is 0.272 e. The first-order chi connectivity index (χ1) is 13.3. The van der Waals surface area contributed by atoms with Gasteiger partial charge in [-0.25, -0.2) is 19.2 Å². The molecule has 0 amide bonds. The van der Waals surface area contributed by atoms with Crippen LogP contribution in [0, 0.1) is 13.8 Å². The lowest BCUT2D eigenvalue weighted by Gasteiger charge is -2.12. The molecule has 7 nitrogen and oxygen atoms in total. The van der Waals surface area contributed by atoms with Crippen molar-refractivity contribution in [2.75, 3.05) is 0 Å². The summed E-state index contributed by atoms with van der Waals surface area (Å²) in [7, 11) is 0. The molecule has 0 bridgehead atoms. The second-order valence-electron chi connectivity index (χ2n) is 6.78. The van der Waals surface area contributed by atoms with Crippen molar-refractivity contribution in [3.05, 3.63) is 68.1 Å². The first-order valence-corrected chi connectivity index (χ1v) is 9.54. The van der Waals surface area contributed by atoms with E-state index < -0.39 is 0 Å². The Balaban J connectivity index is 1.70. The number of aryl methyl sites for hydroxylation is 2. The molecule has 0 aliphatic carbocycles. The fourth-order valence-corrected chi connectivity index (χ4v) is 3.84. The molecule has 28 heavy (non-hydrogen) atoms. The van der Waals surface area contributed by atoms with Gasteiger partial charge >= 0.3 is 0 Å². The van der Waals surface area contributed by atoms with Crippen LogP contribution in [0.25, 0.3) is 16.9 Å². The Bertz CT molecular complexity index is 1240. The lowest BCUT2D eigenvalue weighted by atomic mass is 10.1. The summed E-state index contributed by atoms with van der Waals surface area (Å²) in [6.45, 7) is 5.80. The van der Waals surface area contributed by atoms with Gasteiger partial charge in [0.15, 0.2) is 5.65 Å². The van der Waals surface area contributed by atoms with Crippen LogP contribution in [0.4, 0.5) is 0 Å². The molecule has 0 aliphatic heterocycles. The molecule has 144 valence electrons. The quantitative estimate of drug-likeness (QED) is 0.544. The average molecular weight is 417 g/mol. The molecule has 0 radical (unpaired) electrons. The molecule has 4 rings (SSSR count). The summed E-state index contributed by atoms with van der Waals surface area (Å²) in [5.74, 6) is 1.56. The van der Waals surface area contributed by atoms with Crippen LogP contribution in [0.1, 0.15) is 30.3 Å². The largest absolute Gasteiger partial charge is 0.289 e. The number of nitrogens with one attached hydrogen (secondary N) is 1. The van der Waals surface area contributed by atoms with Gasteiger partial charge in [0.1, 0.15) is 11.6 Å². The van der Waals surface area contributed by atoms with Crippen LogP contribution in [0.2, 0.25) is 10.0 Å². The van der Waals surface area contributed by atoms with E-state index in [9.17, 15) is 4.79 Å². The number of nitrogens with zero attached hydrogens (tertiary/aromatic N) is 5. The monoisotopic (exact) mass is 416 g/mol. The Morgan fingerprint density at radius 1 is 1.14 bits per heavy atom. The average Bonchev–Trinajstić information content (AvgIpc) is 3.18. The van der Waals surface area contributed by atoms with E-state index in [0.717, 1.165) is 17.2 Å². The molecule has 4 aromatic rings. The molecule has 0 aliphatic rings. The molecule has 9 heteroatoms. The minimum absolute atomic E-state index is 0.0275. The van der Waals surface area contributed by atoms with Gasteiger partial charge in [-0.1, -0.05) is 23.2 Å². The van der Waals surface area contributed by atoms with Gasteiger partial charge < -0.3 is 0 Å². The van der Waals surface area contributed by atoms with Gasteiger partial charge in [-0.15, -0.1) is 0 Å². The number of rotatable bonds is 4. The minimum Gasteiger partial charge on any atom is -0.289 e. The lowest BCUT2D eigenvalue weighted by molar-refractivity contribution is 0.469. The first kappa shape index (κ1) is 18.7. The van der Waals surface area contributed by atoms with E-state index in [1.807, 2.05) is 25.5 Å². The zero-order valence-corrected chi connectivity index (χ0v) is 17.1. The number of benzene rings is 1. The molecule has 0 saturated carbocycles. The molecule has 1 N–H and O–H groups in total. The molecule has 0 spiro atoms. The molecular weight excluding hydrogens is 399 g/mol. The maximum atomic E-state index is 12.6. The number of H-pyrrole nitrogens is 1. The number of aromatic amines is 1. The minimum atomic E-state index is -0.185. The Morgan fingerprint density at radius 3 is 2.61 bits per heavy atom. The fourth-order valence-electron chi connectivity index (χ4n) is 3.33. The number of halogens is 2. The van der Waals surface area contributed by atoms with Gasteiger partial charge in [0, 0.05) is 29.1 Å². The van der Waals surface area contributed by atoms with Crippen molar-refractivity contribution in [1.82, 2.24) is 29.4 Å². The van der Waals surface area contributed by atoms with Crippen LogP contribution in [0.5, 0.6) is 0 Å². The summed E-state index contributed by atoms with van der Waals surface area (Å²) in [5.41, 5.74) is 2.48. The van der Waals surface area contributed by atoms with Gasteiger partial charge in [0.05, 0.1) is 22.5 Å². The summed E-state index contributed by atoms with van der Waals surface area (Å²) in [4.78, 5) is 21.5. The van der Waals surface area contributed by atoms with E-state index in [0.29, 0.717) is 33.5 Å². The van der Waals surface area contributed by atoms with Crippen LogP contribution in [0.3, 0.4) is 0 Å². The van der Waals surface area contributed by atoms with E-state index >= 15 is 0 Å². The fraction of sp³-hybridized carbons (Fsp3) is 0.263. The van der Waals surface area contributed by atoms with E-state index in [2.05, 4.69) is 20.2 Å². The molecule has 1 atom stereocenters. The molecule has 3 heterocycles. The third kappa shape index (κ3) is 3.43. The highest BCUT2D eigenvalue weighted by Gasteiger charge is 2.15. The van der Waals surface area contributed by atoms with Crippen LogP contribution in [-0.2, 0) is 6.42 Å². The summed E-state index contributed by atoms with van der Waals surface area (Å²) in [6, 6.07) is 8.58. The van der Waals surface area contributed by atoms with Gasteiger partial charge in [0.25, 0.3) is 5.56 Å². The maximum absolute atomic E-state index is 12.6. The topological polar surface area (TPSA) is 80.9 Å². The zero-order valence-electron chi connectivity index (χ0n) is 15.6. The molecule has 0 unspecified atom stereocenters. The summed E-state index contributed by atoms with van der Waals surface area (Å²) in [6.07, 6.45) is 0.567. The van der Waals surface area contributed by atoms with Crippen molar-refractivity contribution in [2.45, 2.75) is 33.2 Å². The molecule has 0 fully saturated rings. The van der Waals surface area contributed by atoms with Crippen molar-refractivity contribution in [3.8, 4) is 11.3 Å². The van der Waals surface area contributed by atoms with E-state index in [1.54, 1.807) is 24.3 Å². The third-order valence-corrected chi connectivity index (χ3v) is 5.10. The van der Waals surface area contributed by atoms with Crippen molar-refractivity contribution in [2.24, 2.45) is 0 Å². The van der Waals surface area contributed by atoms with E-state index in [4.69, 9.17) is 23.2 Å². The predicted octanol–water partition coefficient (Wildman–Crippen LogP) is 4.01. The van der Waals surface area contributed by atoms with Crippen LogP contribution in [-0.4, -0.2) is 29.4 Å². The second kappa shape index (κ2) is 7.07. The number of hydrogen-bond donors (Lipinski definition) is 1. The standard InChI is InChI=1S/C19H18Cl2N6O/c1-10(26-12(3)22-11(2)24-26)6-14-8-19(28)27-18(23-14)9-17(25-27)15-5-4-13(20)7-16(15)21/h4-5,7-10,25H,6H2,1-3H3/t10-/m0/s1. The number of hydrogen-bond acceptors (Lipinski definition) is 4. The highest BCUT2D eigenvalue weighted by Crippen LogP contribution is 2.29. The normalized spacial score (nSPS) is 12.6. The van der Waals surface area contributed by atoms with Crippen LogP contribution in [0.15, 0.2) is 35.1 Å². The Kier molecular flexibility index (Phi) is 4.72. The predicted molar refractivity (Wildman–Crippen MR) is 109 cm³/mol. The second-order valence-corrected chi connectivity index (χ2v) is 7.62. The van der Waals surface area contributed by atoms with E-state index in [-0.39, 0.29) is 11.6 Å². The highest BCUT2D eigenvalue weighted by atomic mass is 35.5. The zero-order chi connectivity index (χ0) is 20.0. The van der Waals surface area contributed by atoms with Crippen molar-refractivity contribution in [1.29, 1.82) is 0 Å². The Morgan fingerprint density at radius 2 is 1.93 bits per heavy atom. The third-order valence-electron chi connectivity index (χ3n) is 4.55. The van der Waals surface area contributed by atoms with Gasteiger partial charge in [-0.05, 0) is 39.0 Å². The van der Waals surface area contributed by atoms with Gasteiger partial charge in [-0.2, -0.15) is 5.10 Å². The molecule has 3 aromatic heterocycles.